The van der Waals surface area contributed by atoms with Crippen LogP contribution < -0.4 is 11.5 Å². The lowest BCUT2D eigenvalue weighted by molar-refractivity contribution is -0.139. The number of carbonyl (C=O) groups excluding carboxylic acids is 2. The van der Waals surface area contributed by atoms with Gasteiger partial charge in [-0.15, -0.1) is 0 Å². The molecule has 0 aliphatic carbocycles. The Morgan fingerprint density at radius 1 is 0.656 bits per heavy atom. The maximum Gasteiger partial charge on any atom is 0.310 e. The van der Waals surface area contributed by atoms with Gasteiger partial charge in [0.2, 0.25) is 0 Å². The lowest BCUT2D eigenvalue weighted by Gasteiger charge is -2.04. The van der Waals surface area contributed by atoms with Gasteiger partial charge in [-0.25, -0.2) is 0 Å². The van der Waals surface area contributed by atoms with Crippen molar-refractivity contribution in [1.82, 2.24) is 0 Å². The van der Waals surface area contributed by atoms with Crippen LogP contribution in [-0.4, -0.2) is 11.9 Å². The highest BCUT2D eigenvalue weighted by molar-refractivity contribution is 9.10. The van der Waals surface area contributed by atoms with Crippen molar-refractivity contribution in [2.24, 2.45) is 11.5 Å². The van der Waals surface area contributed by atoms with Crippen molar-refractivity contribution in [1.29, 1.82) is 0 Å². The van der Waals surface area contributed by atoms with E-state index in [-0.39, 0.29) is 11.9 Å². The fourth-order valence-corrected chi connectivity index (χ4v) is 3.22. The molecule has 2 aromatic carbocycles. The summed E-state index contributed by atoms with van der Waals surface area (Å²) in [5, 5.41) is 0. The summed E-state index contributed by atoms with van der Waals surface area (Å²) in [6, 6.07) is 14.8. The number of hydrogen-bond donors (Lipinski definition) is 2. The van der Waals surface area contributed by atoms with Crippen LogP contribution in [0.25, 0.3) is 11.4 Å². The molecule has 170 valence electrons. The molecule has 0 saturated heterocycles. The number of rotatable bonds is 11. The van der Waals surface area contributed by atoms with Crippen molar-refractivity contribution in [3.05, 3.63) is 81.1 Å². The summed E-state index contributed by atoms with van der Waals surface area (Å²) in [6.07, 6.45) is 6.11. The van der Waals surface area contributed by atoms with Crippen molar-refractivity contribution in [3.8, 4) is 0 Å². The molecule has 32 heavy (non-hydrogen) atoms. The van der Waals surface area contributed by atoms with Crippen molar-refractivity contribution in [2.75, 3.05) is 0 Å². The molecular weight excluding hydrogens is 540 g/mol. The van der Waals surface area contributed by atoms with Crippen LogP contribution in [0, 0.1) is 0 Å². The average Bonchev–Trinajstić information content (AvgIpc) is 2.79. The minimum Gasteiger partial charge on any atom is -0.432 e. The SMILES string of the molecule is N/C(=C\OC(=O)CCCCCCC(=O)O/C=C(\N)c1ccc(Br)cc1)c1ccc(Br)cc1. The van der Waals surface area contributed by atoms with Crippen LogP contribution in [0.5, 0.6) is 0 Å². The van der Waals surface area contributed by atoms with E-state index in [1.54, 1.807) is 0 Å². The predicted molar refractivity (Wildman–Crippen MR) is 132 cm³/mol. The zero-order valence-electron chi connectivity index (χ0n) is 17.6. The third kappa shape index (κ3) is 9.70. The lowest BCUT2D eigenvalue weighted by Crippen LogP contribution is -2.04. The Morgan fingerprint density at radius 2 is 1.00 bits per heavy atom. The molecule has 0 radical (unpaired) electrons. The lowest BCUT2D eigenvalue weighted by atomic mass is 10.1. The molecule has 0 fully saturated rings. The van der Waals surface area contributed by atoms with Crippen LogP contribution in [0.15, 0.2) is 70.0 Å². The van der Waals surface area contributed by atoms with E-state index in [0.717, 1.165) is 32.9 Å². The van der Waals surface area contributed by atoms with Crippen LogP contribution in [0.2, 0.25) is 0 Å². The molecule has 2 aromatic rings. The summed E-state index contributed by atoms with van der Waals surface area (Å²) < 4.78 is 12.1. The molecule has 4 N–H and O–H groups in total. The van der Waals surface area contributed by atoms with E-state index >= 15 is 0 Å². The Kier molecular flexibility index (Phi) is 11.0. The van der Waals surface area contributed by atoms with E-state index in [1.165, 1.54) is 12.5 Å². The third-order valence-corrected chi connectivity index (χ3v) is 5.56. The minimum atomic E-state index is -0.335. The monoisotopic (exact) mass is 564 g/mol. The maximum absolute atomic E-state index is 11.8. The first kappa shape index (κ1) is 25.7. The number of esters is 2. The molecule has 0 unspecified atom stereocenters. The number of benzene rings is 2. The van der Waals surface area contributed by atoms with Gasteiger partial charge in [-0.1, -0.05) is 69.0 Å². The summed E-state index contributed by atoms with van der Waals surface area (Å²) in [7, 11) is 0. The van der Waals surface area contributed by atoms with Gasteiger partial charge in [0.1, 0.15) is 12.5 Å². The van der Waals surface area contributed by atoms with Gasteiger partial charge in [-0.2, -0.15) is 0 Å². The fraction of sp³-hybridized carbons (Fsp3) is 0.250. The van der Waals surface area contributed by atoms with Crippen molar-refractivity contribution in [2.45, 2.75) is 38.5 Å². The summed E-state index contributed by atoms with van der Waals surface area (Å²) in [6.45, 7) is 0. The fourth-order valence-electron chi connectivity index (χ4n) is 2.69. The van der Waals surface area contributed by atoms with Gasteiger partial charge >= 0.3 is 11.9 Å². The van der Waals surface area contributed by atoms with Crippen LogP contribution in [0.4, 0.5) is 0 Å². The van der Waals surface area contributed by atoms with Gasteiger partial charge in [-0.3, -0.25) is 9.59 Å². The second-order valence-electron chi connectivity index (χ2n) is 7.05. The first-order valence-electron chi connectivity index (χ1n) is 10.2. The van der Waals surface area contributed by atoms with Crippen LogP contribution in [0.3, 0.4) is 0 Å². The Bertz CT molecular complexity index is 875. The predicted octanol–water partition coefficient (Wildman–Crippen LogP) is 5.85. The summed E-state index contributed by atoms with van der Waals surface area (Å²) in [5.74, 6) is -0.670. The Hall–Kier alpha value is -2.58. The highest BCUT2D eigenvalue weighted by atomic mass is 79.9. The number of ether oxygens (including phenoxy) is 2. The molecule has 0 bridgehead atoms. The van der Waals surface area contributed by atoms with E-state index in [1.807, 2.05) is 48.5 Å². The molecular formula is C24H26Br2N2O4. The van der Waals surface area contributed by atoms with E-state index in [2.05, 4.69) is 31.9 Å². The summed E-state index contributed by atoms with van der Waals surface area (Å²) in [5.41, 5.74) is 14.2. The molecule has 0 saturated carbocycles. The highest BCUT2D eigenvalue weighted by Gasteiger charge is 2.05. The number of hydrogen-bond acceptors (Lipinski definition) is 6. The first-order valence-corrected chi connectivity index (χ1v) is 11.8. The van der Waals surface area contributed by atoms with Gasteiger partial charge in [-0.05, 0) is 37.1 Å². The zero-order chi connectivity index (χ0) is 23.3. The second-order valence-corrected chi connectivity index (χ2v) is 8.89. The van der Waals surface area contributed by atoms with E-state index in [4.69, 9.17) is 20.9 Å². The quantitative estimate of drug-likeness (QED) is 0.201. The van der Waals surface area contributed by atoms with Crippen LogP contribution >= 0.6 is 31.9 Å². The van der Waals surface area contributed by atoms with Crippen molar-refractivity contribution >= 4 is 55.2 Å². The molecule has 0 aliphatic rings. The zero-order valence-corrected chi connectivity index (χ0v) is 20.7. The molecule has 0 spiro atoms. The second kappa shape index (κ2) is 13.8. The summed E-state index contributed by atoms with van der Waals surface area (Å²) >= 11 is 6.71. The van der Waals surface area contributed by atoms with Gasteiger partial charge in [0.15, 0.2) is 0 Å². The number of halogens is 2. The molecule has 0 heterocycles. The molecule has 0 atom stereocenters. The maximum atomic E-state index is 11.8. The standard InChI is InChI=1S/C24H26Br2N2O4/c25-19-11-7-17(8-12-19)21(27)15-31-23(29)5-3-1-2-4-6-24(30)32-16-22(28)18-9-13-20(26)14-10-18/h7-16H,1-6,27-28H2/b21-15-,22-16-. The van der Waals surface area contributed by atoms with Gasteiger partial charge in [0, 0.05) is 32.9 Å². The number of carbonyl (C=O) groups is 2. The van der Waals surface area contributed by atoms with Crippen LogP contribution in [0.1, 0.15) is 49.7 Å². The molecule has 0 aliphatic heterocycles. The number of nitrogens with two attached hydrogens (primary N) is 2. The highest BCUT2D eigenvalue weighted by Crippen LogP contribution is 2.16. The van der Waals surface area contributed by atoms with Gasteiger partial charge < -0.3 is 20.9 Å². The molecule has 6 nitrogen and oxygen atoms in total. The van der Waals surface area contributed by atoms with Crippen LogP contribution in [-0.2, 0) is 19.1 Å². The van der Waals surface area contributed by atoms with E-state index < -0.39 is 0 Å². The molecule has 8 heteroatoms. The topological polar surface area (TPSA) is 105 Å². The number of unbranched alkanes of at least 4 members (excludes halogenated alkanes) is 3. The Morgan fingerprint density at radius 3 is 1.34 bits per heavy atom. The normalized spacial score (nSPS) is 11.8. The van der Waals surface area contributed by atoms with Crippen molar-refractivity contribution < 1.29 is 19.1 Å². The first-order chi connectivity index (χ1) is 15.3. The van der Waals surface area contributed by atoms with Gasteiger partial charge in [0.05, 0.1) is 11.4 Å². The van der Waals surface area contributed by atoms with Crippen molar-refractivity contribution in [3.63, 3.8) is 0 Å². The third-order valence-electron chi connectivity index (χ3n) is 4.50. The van der Waals surface area contributed by atoms with Gasteiger partial charge in [0.25, 0.3) is 0 Å². The Labute approximate surface area is 204 Å². The Balaban J connectivity index is 1.57. The largest absolute Gasteiger partial charge is 0.432 e. The summed E-state index contributed by atoms with van der Waals surface area (Å²) in [4.78, 5) is 23.7. The smallest absolute Gasteiger partial charge is 0.310 e. The molecule has 2 rings (SSSR count). The molecule has 0 amide bonds. The minimum absolute atomic E-state index is 0.293. The van der Waals surface area contributed by atoms with E-state index in [9.17, 15) is 9.59 Å². The average molecular weight is 566 g/mol. The van der Waals surface area contributed by atoms with E-state index in [0.29, 0.717) is 37.1 Å². The molecule has 0 aromatic heterocycles.